The normalized spacial score (nSPS) is 24.6. The number of hydrogen-bond acceptors (Lipinski definition) is 2. The Morgan fingerprint density at radius 1 is 1.17 bits per heavy atom. The van der Waals surface area contributed by atoms with Crippen molar-refractivity contribution in [2.24, 2.45) is 5.92 Å². The lowest BCUT2D eigenvalue weighted by Gasteiger charge is -2.16. The van der Waals surface area contributed by atoms with Gasteiger partial charge in [0.1, 0.15) is 5.75 Å². The third-order valence-corrected chi connectivity index (χ3v) is 4.01. The van der Waals surface area contributed by atoms with Crippen molar-refractivity contribution in [2.45, 2.75) is 51.0 Å². The van der Waals surface area contributed by atoms with Crippen molar-refractivity contribution in [2.75, 3.05) is 7.11 Å². The zero-order valence-corrected chi connectivity index (χ0v) is 11.3. The molecular weight excluding hydrogens is 224 g/mol. The van der Waals surface area contributed by atoms with Crippen molar-refractivity contribution >= 4 is 0 Å². The van der Waals surface area contributed by atoms with E-state index < -0.39 is 0 Å². The maximum Gasteiger partial charge on any atom is 0.118 e. The molecule has 0 radical (unpaired) electrons. The quantitative estimate of drug-likeness (QED) is 0.825. The maximum absolute atomic E-state index is 9.81. The van der Waals surface area contributed by atoms with Crippen LogP contribution in [-0.2, 0) is 6.42 Å². The van der Waals surface area contributed by atoms with Crippen LogP contribution in [-0.4, -0.2) is 18.3 Å². The molecule has 0 aromatic heterocycles. The predicted molar refractivity (Wildman–Crippen MR) is 73.9 cm³/mol. The zero-order chi connectivity index (χ0) is 12.8. The summed E-state index contributed by atoms with van der Waals surface area (Å²) in [4.78, 5) is 0. The smallest absolute Gasteiger partial charge is 0.118 e. The van der Waals surface area contributed by atoms with E-state index in [4.69, 9.17) is 4.74 Å². The summed E-state index contributed by atoms with van der Waals surface area (Å²) >= 11 is 0. The van der Waals surface area contributed by atoms with Crippen molar-refractivity contribution in [3.8, 4) is 5.75 Å². The average Bonchev–Trinajstić information content (AvgIpc) is 2.61. The summed E-state index contributed by atoms with van der Waals surface area (Å²) in [5, 5.41) is 9.81. The zero-order valence-electron chi connectivity index (χ0n) is 11.3. The lowest BCUT2D eigenvalue weighted by atomic mass is 9.92. The van der Waals surface area contributed by atoms with Gasteiger partial charge in [0.2, 0.25) is 0 Å². The Hall–Kier alpha value is -1.02. The number of methoxy groups -OCH3 is 1. The van der Waals surface area contributed by atoms with Crippen LogP contribution in [0.4, 0.5) is 0 Å². The number of benzene rings is 1. The van der Waals surface area contributed by atoms with Gasteiger partial charge in [0.05, 0.1) is 13.2 Å². The summed E-state index contributed by atoms with van der Waals surface area (Å²) in [5.74, 6) is 1.62. The highest BCUT2D eigenvalue weighted by molar-refractivity contribution is 5.27. The van der Waals surface area contributed by atoms with Crippen LogP contribution in [0.15, 0.2) is 24.3 Å². The van der Waals surface area contributed by atoms with E-state index in [9.17, 15) is 5.11 Å². The number of hydrogen-bond donors (Lipinski definition) is 1. The topological polar surface area (TPSA) is 29.5 Å². The molecule has 0 spiro atoms. The Balaban J connectivity index is 1.82. The Morgan fingerprint density at radius 2 is 1.89 bits per heavy atom. The minimum Gasteiger partial charge on any atom is -0.497 e. The van der Waals surface area contributed by atoms with Gasteiger partial charge in [-0.2, -0.15) is 0 Å². The van der Waals surface area contributed by atoms with E-state index in [1.165, 1.54) is 31.2 Å². The second kappa shape index (κ2) is 6.79. The fourth-order valence-corrected chi connectivity index (χ4v) is 2.86. The highest BCUT2D eigenvalue weighted by Crippen LogP contribution is 2.27. The predicted octanol–water partition coefficient (Wildman–Crippen LogP) is 3.57. The van der Waals surface area contributed by atoms with E-state index in [0.29, 0.717) is 5.92 Å². The number of ether oxygens (including phenoxy) is 1. The van der Waals surface area contributed by atoms with Crippen molar-refractivity contribution in [3.05, 3.63) is 29.8 Å². The molecule has 100 valence electrons. The van der Waals surface area contributed by atoms with Gasteiger partial charge in [0.25, 0.3) is 0 Å². The van der Waals surface area contributed by atoms with Gasteiger partial charge in [-0.05, 0) is 49.3 Å². The van der Waals surface area contributed by atoms with Crippen molar-refractivity contribution in [3.63, 3.8) is 0 Å². The molecule has 2 heteroatoms. The first-order chi connectivity index (χ1) is 8.78. The van der Waals surface area contributed by atoms with Crippen LogP contribution >= 0.6 is 0 Å². The Morgan fingerprint density at radius 3 is 2.61 bits per heavy atom. The summed E-state index contributed by atoms with van der Waals surface area (Å²) in [6.07, 6.45) is 8.01. The van der Waals surface area contributed by atoms with Crippen LogP contribution in [0.5, 0.6) is 5.75 Å². The lowest BCUT2D eigenvalue weighted by molar-refractivity contribution is 0.139. The fraction of sp³-hybridized carbons (Fsp3) is 0.625. The molecule has 0 heterocycles. The second-order valence-electron chi connectivity index (χ2n) is 5.43. The molecule has 18 heavy (non-hydrogen) atoms. The summed E-state index contributed by atoms with van der Waals surface area (Å²) in [5.41, 5.74) is 1.37. The molecule has 2 rings (SSSR count). The average molecular weight is 248 g/mol. The third-order valence-electron chi connectivity index (χ3n) is 4.01. The van der Waals surface area contributed by atoms with Gasteiger partial charge >= 0.3 is 0 Å². The van der Waals surface area contributed by atoms with Gasteiger partial charge in [0, 0.05) is 0 Å². The lowest BCUT2D eigenvalue weighted by Crippen LogP contribution is -2.11. The molecule has 0 aliphatic heterocycles. The first-order valence-corrected chi connectivity index (χ1v) is 7.09. The van der Waals surface area contributed by atoms with Gasteiger partial charge in [-0.1, -0.05) is 31.4 Å². The van der Waals surface area contributed by atoms with Crippen molar-refractivity contribution in [1.29, 1.82) is 0 Å². The van der Waals surface area contributed by atoms with Crippen LogP contribution in [0.2, 0.25) is 0 Å². The molecule has 2 unspecified atom stereocenters. The van der Waals surface area contributed by atoms with E-state index in [0.717, 1.165) is 25.0 Å². The summed E-state index contributed by atoms with van der Waals surface area (Å²) < 4.78 is 5.16. The van der Waals surface area contributed by atoms with Gasteiger partial charge in [-0.15, -0.1) is 0 Å². The number of aliphatic hydroxyl groups excluding tert-OH is 1. The molecule has 1 fully saturated rings. The van der Waals surface area contributed by atoms with Crippen molar-refractivity contribution < 1.29 is 9.84 Å². The van der Waals surface area contributed by atoms with E-state index in [1.54, 1.807) is 7.11 Å². The molecule has 1 aliphatic rings. The highest BCUT2D eigenvalue weighted by atomic mass is 16.5. The van der Waals surface area contributed by atoms with Gasteiger partial charge in [-0.25, -0.2) is 0 Å². The van der Waals surface area contributed by atoms with Crippen molar-refractivity contribution in [1.82, 2.24) is 0 Å². The van der Waals surface area contributed by atoms with Gasteiger partial charge < -0.3 is 9.84 Å². The first-order valence-electron chi connectivity index (χ1n) is 7.09. The molecular formula is C16H24O2. The molecule has 2 nitrogen and oxygen atoms in total. The number of rotatable bonds is 4. The Bertz CT molecular complexity index is 345. The minimum absolute atomic E-state index is 0.0617. The monoisotopic (exact) mass is 248 g/mol. The fourth-order valence-electron chi connectivity index (χ4n) is 2.86. The van der Waals surface area contributed by atoms with Gasteiger partial charge in [0.15, 0.2) is 0 Å². The van der Waals surface area contributed by atoms with Crippen LogP contribution in [0.1, 0.15) is 44.1 Å². The van der Waals surface area contributed by atoms with E-state index in [1.807, 2.05) is 12.1 Å². The maximum atomic E-state index is 9.81. The molecule has 1 aromatic carbocycles. The molecule has 1 N–H and O–H groups in total. The standard InChI is InChI=1S/C16H24O2/c1-18-16-10-8-13(9-11-16)6-7-14-4-2-3-5-15(17)12-14/h8-11,14-15,17H,2-7,12H2,1H3. The first kappa shape index (κ1) is 13.4. The molecule has 1 aliphatic carbocycles. The highest BCUT2D eigenvalue weighted by Gasteiger charge is 2.18. The third kappa shape index (κ3) is 4.02. The Kier molecular flexibility index (Phi) is 5.06. The number of aliphatic hydroxyl groups is 1. The summed E-state index contributed by atoms with van der Waals surface area (Å²) in [7, 11) is 1.70. The van der Waals surface area contributed by atoms with Gasteiger partial charge in [-0.3, -0.25) is 0 Å². The largest absolute Gasteiger partial charge is 0.497 e. The van der Waals surface area contributed by atoms with E-state index >= 15 is 0 Å². The van der Waals surface area contributed by atoms with Crippen LogP contribution in [0.3, 0.4) is 0 Å². The molecule has 1 saturated carbocycles. The molecule has 0 bridgehead atoms. The minimum atomic E-state index is -0.0617. The Labute approximate surface area is 110 Å². The van der Waals surface area contributed by atoms with E-state index in [-0.39, 0.29) is 6.10 Å². The molecule has 0 amide bonds. The molecule has 0 saturated heterocycles. The van der Waals surface area contributed by atoms with Crippen LogP contribution in [0.25, 0.3) is 0 Å². The molecule has 1 aromatic rings. The van der Waals surface area contributed by atoms with E-state index in [2.05, 4.69) is 12.1 Å². The number of aryl methyl sites for hydroxylation is 1. The van der Waals surface area contributed by atoms with Crippen LogP contribution < -0.4 is 4.74 Å². The SMILES string of the molecule is COc1ccc(CCC2CCCCC(O)C2)cc1. The second-order valence-corrected chi connectivity index (χ2v) is 5.43. The summed E-state index contributed by atoms with van der Waals surface area (Å²) in [6.45, 7) is 0. The summed E-state index contributed by atoms with van der Waals surface area (Å²) in [6, 6.07) is 8.34. The molecule has 2 atom stereocenters. The van der Waals surface area contributed by atoms with Crippen LogP contribution in [0, 0.1) is 5.92 Å².